The SMILES string of the molecule is CCCCCCCC/C=C\CCCCCCCCNC.CCCCCCCCCCCCCCCCCC(=O)O. The minimum absolute atomic E-state index is 0.345. The highest BCUT2D eigenvalue weighted by Crippen LogP contribution is 2.14. The molecule has 3 heteroatoms. The molecule has 0 fully saturated rings. The number of hydrogen-bond acceptors (Lipinski definition) is 2. The molecule has 0 atom stereocenters. The summed E-state index contributed by atoms with van der Waals surface area (Å²) in [6.45, 7) is 5.73. The van der Waals surface area contributed by atoms with Gasteiger partial charge < -0.3 is 10.4 Å². The van der Waals surface area contributed by atoms with Gasteiger partial charge in [-0.3, -0.25) is 4.79 Å². The van der Waals surface area contributed by atoms with E-state index in [9.17, 15) is 4.79 Å². The largest absolute Gasteiger partial charge is 0.481 e. The molecule has 3 nitrogen and oxygen atoms in total. The number of allylic oxidation sites excluding steroid dienone is 2. The monoisotopic (exact) mass is 566 g/mol. The maximum atomic E-state index is 10.3. The van der Waals surface area contributed by atoms with Gasteiger partial charge in [-0.25, -0.2) is 0 Å². The molecule has 0 spiro atoms. The molecule has 0 rings (SSSR count). The lowest BCUT2D eigenvalue weighted by molar-refractivity contribution is -0.137. The molecule has 0 radical (unpaired) electrons. The Morgan fingerprint density at radius 1 is 0.475 bits per heavy atom. The van der Waals surface area contributed by atoms with Crippen LogP contribution in [-0.2, 0) is 4.79 Å². The summed E-state index contributed by atoms with van der Waals surface area (Å²) in [5.41, 5.74) is 0. The van der Waals surface area contributed by atoms with E-state index in [1.54, 1.807) is 0 Å². The Hall–Kier alpha value is -0.830. The smallest absolute Gasteiger partial charge is 0.303 e. The number of carbonyl (C=O) groups is 1. The van der Waals surface area contributed by atoms with Crippen molar-refractivity contribution in [2.45, 2.75) is 206 Å². The van der Waals surface area contributed by atoms with Crippen molar-refractivity contribution >= 4 is 5.97 Å². The normalized spacial score (nSPS) is 11.2. The summed E-state index contributed by atoms with van der Waals surface area (Å²) in [6.07, 6.45) is 44.5. The Balaban J connectivity index is 0. The first-order valence-corrected chi connectivity index (χ1v) is 18.2. The summed E-state index contributed by atoms with van der Waals surface area (Å²) < 4.78 is 0. The number of unbranched alkanes of at least 4 members (excludes halogenated alkanes) is 26. The topological polar surface area (TPSA) is 49.3 Å². The van der Waals surface area contributed by atoms with E-state index in [-0.39, 0.29) is 0 Å². The first-order valence-electron chi connectivity index (χ1n) is 18.2. The molecule has 0 bridgehead atoms. The number of nitrogens with one attached hydrogen (secondary N) is 1. The summed E-state index contributed by atoms with van der Waals surface area (Å²) in [6, 6.07) is 0. The summed E-state index contributed by atoms with van der Waals surface area (Å²) in [5.74, 6) is -0.653. The highest BCUT2D eigenvalue weighted by atomic mass is 16.4. The Bertz CT molecular complexity index is 477. The summed E-state index contributed by atoms with van der Waals surface area (Å²) in [4.78, 5) is 10.3. The predicted molar refractivity (Wildman–Crippen MR) is 181 cm³/mol. The second kappa shape index (κ2) is 40.3. The molecule has 0 saturated heterocycles. The first-order chi connectivity index (χ1) is 19.7. The molecule has 0 aliphatic rings. The van der Waals surface area contributed by atoms with Crippen LogP contribution in [0.1, 0.15) is 206 Å². The second-order valence-electron chi connectivity index (χ2n) is 12.1. The predicted octanol–water partition coefficient (Wildman–Crippen LogP) is 12.6. The first kappa shape index (κ1) is 41.3. The average molecular weight is 566 g/mol. The van der Waals surface area contributed by atoms with Crippen LogP contribution in [0.5, 0.6) is 0 Å². The van der Waals surface area contributed by atoms with E-state index in [1.165, 1.54) is 180 Å². The zero-order valence-corrected chi connectivity index (χ0v) is 27.9. The number of aliphatic carboxylic acids is 1. The van der Waals surface area contributed by atoms with Gasteiger partial charge in [0.1, 0.15) is 0 Å². The molecular weight excluding hydrogens is 490 g/mol. The highest BCUT2D eigenvalue weighted by molar-refractivity contribution is 5.66. The van der Waals surface area contributed by atoms with Gasteiger partial charge in [-0.2, -0.15) is 0 Å². The van der Waals surface area contributed by atoms with Gasteiger partial charge in [-0.1, -0.05) is 174 Å². The Morgan fingerprint density at radius 2 is 0.775 bits per heavy atom. The molecule has 0 aromatic heterocycles. The molecule has 0 aliphatic carbocycles. The van der Waals surface area contributed by atoms with Gasteiger partial charge in [-0.15, -0.1) is 0 Å². The van der Waals surface area contributed by atoms with E-state index in [2.05, 4.69) is 31.3 Å². The second-order valence-corrected chi connectivity index (χ2v) is 12.1. The summed E-state index contributed by atoms with van der Waals surface area (Å²) in [5, 5.41) is 11.7. The molecule has 40 heavy (non-hydrogen) atoms. The molecule has 0 amide bonds. The van der Waals surface area contributed by atoms with Crippen LogP contribution in [0.15, 0.2) is 12.2 Å². The molecule has 0 aromatic carbocycles. The van der Waals surface area contributed by atoms with Crippen molar-refractivity contribution in [3.8, 4) is 0 Å². The fraction of sp³-hybridized carbons (Fsp3) is 0.919. The molecule has 0 unspecified atom stereocenters. The van der Waals surface area contributed by atoms with Crippen LogP contribution in [-0.4, -0.2) is 24.7 Å². The highest BCUT2D eigenvalue weighted by Gasteiger charge is 1.97. The minimum Gasteiger partial charge on any atom is -0.481 e. The van der Waals surface area contributed by atoms with Crippen molar-refractivity contribution in [1.29, 1.82) is 0 Å². The lowest BCUT2D eigenvalue weighted by atomic mass is 10.0. The van der Waals surface area contributed by atoms with Gasteiger partial charge in [0.15, 0.2) is 0 Å². The summed E-state index contributed by atoms with van der Waals surface area (Å²) in [7, 11) is 2.04. The van der Waals surface area contributed by atoms with Gasteiger partial charge >= 0.3 is 5.97 Å². The molecule has 240 valence electrons. The van der Waals surface area contributed by atoms with Crippen LogP contribution in [0, 0.1) is 0 Å². The zero-order chi connectivity index (χ0) is 29.6. The van der Waals surface area contributed by atoms with E-state index in [0.717, 1.165) is 12.8 Å². The van der Waals surface area contributed by atoms with Gasteiger partial charge in [0.2, 0.25) is 0 Å². The van der Waals surface area contributed by atoms with E-state index in [4.69, 9.17) is 5.11 Å². The van der Waals surface area contributed by atoms with Gasteiger partial charge in [-0.05, 0) is 52.1 Å². The van der Waals surface area contributed by atoms with Crippen LogP contribution in [0.3, 0.4) is 0 Å². The van der Waals surface area contributed by atoms with E-state index in [1.807, 2.05) is 7.05 Å². The lowest BCUT2D eigenvalue weighted by Gasteiger charge is -2.03. The van der Waals surface area contributed by atoms with Crippen molar-refractivity contribution in [3.05, 3.63) is 12.2 Å². The van der Waals surface area contributed by atoms with Crippen molar-refractivity contribution in [2.75, 3.05) is 13.6 Å². The van der Waals surface area contributed by atoms with Crippen molar-refractivity contribution in [1.82, 2.24) is 5.32 Å². The quantitative estimate of drug-likeness (QED) is 0.0630. The van der Waals surface area contributed by atoms with Crippen LogP contribution in [0.2, 0.25) is 0 Å². The summed E-state index contributed by atoms with van der Waals surface area (Å²) >= 11 is 0. The van der Waals surface area contributed by atoms with Gasteiger partial charge in [0.05, 0.1) is 0 Å². The van der Waals surface area contributed by atoms with Crippen LogP contribution < -0.4 is 5.32 Å². The van der Waals surface area contributed by atoms with Crippen molar-refractivity contribution in [2.24, 2.45) is 0 Å². The Labute approximate surface area is 253 Å². The third-order valence-electron chi connectivity index (χ3n) is 7.93. The third kappa shape index (κ3) is 44.2. The van der Waals surface area contributed by atoms with E-state index >= 15 is 0 Å². The zero-order valence-electron chi connectivity index (χ0n) is 27.9. The van der Waals surface area contributed by atoms with Crippen LogP contribution in [0.4, 0.5) is 0 Å². The minimum atomic E-state index is -0.653. The van der Waals surface area contributed by atoms with Crippen LogP contribution in [0.25, 0.3) is 0 Å². The Kier molecular flexibility index (Phi) is 41.6. The standard InChI is InChI=1S/C19H39N.C18H36O2/c1-3-4-5-6-7-8-9-10-11-12-13-14-15-16-17-18-19-20-2;1-2-3-4-5-6-7-8-9-10-11-12-13-14-15-16-17-18(19)20/h10-11,20H,3-9,12-19H2,1-2H3;2-17H2,1H3,(H,19,20)/b11-10-;. The van der Waals surface area contributed by atoms with E-state index < -0.39 is 5.97 Å². The molecular formula is C37H75NO2. The fourth-order valence-corrected chi connectivity index (χ4v) is 5.20. The maximum absolute atomic E-state index is 10.3. The van der Waals surface area contributed by atoms with Gasteiger partial charge in [0, 0.05) is 6.42 Å². The number of hydrogen-bond donors (Lipinski definition) is 2. The van der Waals surface area contributed by atoms with E-state index in [0.29, 0.717) is 6.42 Å². The molecule has 0 saturated carbocycles. The van der Waals surface area contributed by atoms with Crippen molar-refractivity contribution in [3.63, 3.8) is 0 Å². The van der Waals surface area contributed by atoms with Crippen molar-refractivity contribution < 1.29 is 9.90 Å². The van der Waals surface area contributed by atoms with Gasteiger partial charge in [0.25, 0.3) is 0 Å². The number of carboxylic acids is 1. The molecule has 0 aromatic rings. The molecule has 2 N–H and O–H groups in total. The maximum Gasteiger partial charge on any atom is 0.303 e. The third-order valence-corrected chi connectivity index (χ3v) is 7.93. The Morgan fingerprint density at radius 3 is 1.10 bits per heavy atom. The average Bonchev–Trinajstić information content (AvgIpc) is 2.95. The molecule has 0 aliphatic heterocycles. The molecule has 0 heterocycles. The lowest BCUT2D eigenvalue weighted by Crippen LogP contribution is -2.06. The number of carboxylic acid groups (broad SMARTS) is 1. The van der Waals surface area contributed by atoms with Crippen LogP contribution >= 0.6 is 0 Å². The number of rotatable bonds is 32. The fourth-order valence-electron chi connectivity index (χ4n) is 5.20.